The number of unbranched alkanes of at least 4 members (excludes halogenated alkanes) is 1. The van der Waals surface area contributed by atoms with Gasteiger partial charge in [0.1, 0.15) is 11.5 Å². The maximum Gasteiger partial charge on any atom is 0.295 e. The summed E-state index contributed by atoms with van der Waals surface area (Å²) in [6.45, 7) is 8.31. The molecule has 1 aliphatic rings. The number of likely N-dealkylation sites (tertiary alicyclic amines) is 1. The van der Waals surface area contributed by atoms with Crippen LogP contribution in [0.15, 0.2) is 54.1 Å². The minimum Gasteiger partial charge on any atom is -0.507 e. The molecule has 1 amide bonds. The predicted molar refractivity (Wildman–Crippen MR) is 117 cm³/mol. The third-order valence-electron chi connectivity index (χ3n) is 5.13. The van der Waals surface area contributed by atoms with E-state index < -0.39 is 17.7 Å². The van der Waals surface area contributed by atoms with Gasteiger partial charge in [0, 0.05) is 12.1 Å². The Balaban J connectivity index is 2.13. The molecule has 158 valence electrons. The Morgan fingerprint density at radius 1 is 1.13 bits per heavy atom. The van der Waals surface area contributed by atoms with Crippen molar-refractivity contribution in [3.8, 4) is 5.75 Å². The Labute approximate surface area is 178 Å². The summed E-state index contributed by atoms with van der Waals surface area (Å²) in [5, 5.41) is 11.1. The zero-order valence-corrected chi connectivity index (χ0v) is 18.0. The van der Waals surface area contributed by atoms with Gasteiger partial charge in [-0.1, -0.05) is 55.3 Å². The lowest BCUT2D eigenvalue weighted by Gasteiger charge is -2.25. The molecule has 3 rings (SSSR count). The zero-order valence-electron chi connectivity index (χ0n) is 18.0. The van der Waals surface area contributed by atoms with E-state index in [1.165, 1.54) is 0 Å². The molecule has 0 aromatic heterocycles. The smallest absolute Gasteiger partial charge is 0.295 e. The van der Waals surface area contributed by atoms with Crippen molar-refractivity contribution in [1.29, 1.82) is 0 Å². The third-order valence-corrected chi connectivity index (χ3v) is 5.13. The lowest BCUT2D eigenvalue weighted by Crippen LogP contribution is -2.30. The standard InChI is InChI=1S/C25H29NO4/c1-5-6-13-26-22(18-10-7-9-17(4)14-18)21(24(28)25(26)29)23(27)19-11-8-12-20(15-19)30-16(2)3/h7-12,14-16,22,27H,5-6,13H2,1-4H3/b23-21-. The quantitative estimate of drug-likeness (QED) is 0.398. The Hall–Kier alpha value is -3.08. The van der Waals surface area contributed by atoms with Gasteiger partial charge in [0.25, 0.3) is 11.7 Å². The summed E-state index contributed by atoms with van der Waals surface area (Å²) < 4.78 is 5.72. The number of amides is 1. The second-order valence-corrected chi connectivity index (χ2v) is 7.95. The molecule has 0 saturated carbocycles. The van der Waals surface area contributed by atoms with Crippen LogP contribution in [0.1, 0.15) is 56.3 Å². The van der Waals surface area contributed by atoms with Crippen molar-refractivity contribution in [3.05, 3.63) is 70.8 Å². The van der Waals surface area contributed by atoms with E-state index in [0.717, 1.165) is 24.0 Å². The molecule has 2 aromatic rings. The Morgan fingerprint density at radius 3 is 2.53 bits per heavy atom. The number of aryl methyl sites for hydroxylation is 1. The first-order valence-corrected chi connectivity index (χ1v) is 10.5. The van der Waals surface area contributed by atoms with Gasteiger partial charge >= 0.3 is 0 Å². The number of carbonyl (C=O) groups excluding carboxylic acids is 2. The van der Waals surface area contributed by atoms with E-state index in [2.05, 4.69) is 0 Å². The van der Waals surface area contributed by atoms with E-state index in [0.29, 0.717) is 17.9 Å². The van der Waals surface area contributed by atoms with E-state index in [4.69, 9.17) is 4.74 Å². The predicted octanol–water partition coefficient (Wildman–Crippen LogP) is 5.00. The van der Waals surface area contributed by atoms with Crippen LogP contribution in [0.5, 0.6) is 5.75 Å². The molecule has 30 heavy (non-hydrogen) atoms. The molecule has 0 aliphatic carbocycles. The number of nitrogens with zero attached hydrogens (tertiary/aromatic N) is 1. The highest BCUT2D eigenvalue weighted by molar-refractivity contribution is 6.46. The third kappa shape index (κ3) is 4.40. The molecule has 5 heteroatoms. The summed E-state index contributed by atoms with van der Waals surface area (Å²) in [5.74, 6) is -0.786. The molecule has 1 saturated heterocycles. The van der Waals surface area contributed by atoms with E-state index in [9.17, 15) is 14.7 Å². The Kier molecular flexibility index (Phi) is 6.60. The molecule has 0 spiro atoms. The van der Waals surface area contributed by atoms with Crippen LogP contribution in [0.4, 0.5) is 0 Å². The van der Waals surface area contributed by atoms with Crippen LogP contribution in [0.3, 0.4) is 0 Å². The van der Waals surface area contributed by atoms with Crippen molar-refractivity contribution in [1.82, 2.24) is 4.90 Å². The topological polar surface area (TPSA) is 66.8 Å². The molecule has 1 fully saturated rings. The fourth-order valence-corrected chi connectivity index (χ4v) is 3.77. The van der Waals surface area contributed by atoms with E-state index in [-0.39, 0.29) is 17.4 Å². The fraction of sp³-hybridized carbons (Fsp3) is 0.360. The molecule has 5 nitrogen and oxygen atoms in total. The number of ketones is 1. The molecule has 2 aromatic carbocycles. The second kappa shape index (κ2) is 9.16. The first-order chi connectivity index (χ1) is 14.3. The second-order valence-electron chi connectivity index (χ2n) is 7.95. The van der Waals surface area contributed by atoms with Gasteiger partial charge in [-0.05, 0) is 44.9 Å². The van der Waals surface area contributed by atoms with Crippen molar-refractivity contribution in [3.63, 3.8) is 0 Å². The zero-order chi connectivity index (χ0) is 21.8. The fourth-order valence-electron chi connectivity index (χ4n) is 3.77. The minimum atomic E-state index is -0.648. The number of aliphatic hydroxyl groups is 1. The molecular formula is C25H29NO4. The van der Waals surface area contributed by atoms with Crippen LogP contribution in [0.2, 0.25) is 0 Å². The van der Waals surface area contributed by atoms with Crippen molar-refractivity contribution in [2.24, 2.45) is 0 Å². The van der Waals surface area contributed by atoms with Gasteiger partial charge < -0.3 is 14.7 Å². The number of rotatable bonds is 7. The minimum absolute atomic E-state index is 0.0192. The molecule has 0 radical (unpaired) electrons. The number of Topliss-reactive ketones (excluding diaryl/α,β-unsaturated/α-hetero) is 1. The maximum absolute atomic E-state index is 13.0. The van der Waals surface area contributed by atoms with Crippen molar-refractivity contribution in [2.45, 2.75) is 52.7 Å². The summed E-state index contributed by atoms with van der Waals surface area (Å²) in [6, 6.07) is 14.1. The summed E-state index contributed by atoms with van der Waals surface area (Å²) in [4.78, 5) is 27.4. The molecule has 1 aliphatic heterocycles. The van der Waals surface area contributed by atoms with Gasteiger partial charge in [-0.3, -0.25) is 9.59 Å². The summed E-state index contributed by atoms with van der Waals surface area (Å²) in [5.41, 5.74) is 2.44. The molecule has 0 bridgehead atoms. The van der Waals surface area contributed by atoms with Gasteiger partial charge in [0.2, 0.25) is 0 Å². The average molecular weight is 408 g/mol. The Morgan fingerprint density at radius 2 is 1.87 bits per heavy atom. The van der Waals surface area contributed by atoms with Crippen molar-refractivity contribution in [2.75, 3.05) is 6.54 Å². The first-order valence-electron chi connectivity index (χ1n) is 10.5. The largest absolute Gasteiger partial charge is 0.507 e. The van der Waals surface area contributed by atoms with Crippen LogP contribution < -0.4 is 4.74 Å². The number of hydrogen-bond acceptors (Lipinski definition) is 4. The van der Waals surface area contributed by atoms with Crippen molar-refractivity contribution >= 4 is 17.4 Å². The number of ether oxygens (including phenoxy) is 1. The summed E-state index contributed by atoms with van der Waals surface area (Å²) in [7, 11) is 0. The molecular weight excluding hydrogens is 378 g/mol. The highest BCUT2D eigenvalue weighted by Gasteiger charge is 2.45. The van der Waals surface area contributed by atoms with Crippen LogP contribution >= 0.6 is 0 Å². The van der Waals surface area contributed by atoms with Crippen LogP contribution in [0.25, 0.3) is 5.76 Å². The lowest BCUT2D eigenvalue weighted by atomic mass is 9.94. The molecule has 1 unspecified atom stereocenters. The number of hydrogen-bond donors (Lipinski definition) is 1. The first kappa shape index (κ1) is 21.6. The van der Waals surface area contributed by atoms with Gasteiger partial charge in [-0.2, -0.15) is 0 Å². The maximum atomic E-state index is 13.0. The molecule has 1 N–H and O–H groups in total. The van der Waals surface area contributed by atoms with Gasteiger partial charge in [0.05, 0.1) is 17.7 Å². The van der Waals surface area contributed by atoms with E-state index >= 15 is 0 Å². The number of benzene rings is 2. The van der Waals surface area contributed by atoms with Gasteiger partial charge in [-0.25, -0.2) is 0 Å². The SMILES string of the molecule is CCCCN1C(=O)C(=O)/C(=C(\O)c2cccc(OC(C)C)c2)C1c1cccc(C)c1. The summed E-state index contributed by atoms with van der Waals surface area (Å²) >= 11 is 0. The van der Waals surface area contributed by atoms with Crippen molar-refractivity contribution < 1.29 is 19.4 Å². The van der Waals surface area contributed by atoms with E-state index in [1.54, 1.807) is 29.2 Å². The van der Waals surface area contributed by atoms with E-state index in [1.807, 2.05) is 52.0 Å². The highest BCUT2D eigenvalue weighted by atomic mass is 16.5. The van der Waals surface area contributed by atoms with Crippen LogP contribution in [-0.4, -0.2) is 34.3 Å². The normalized spacial score (nSPS) is 18.3. The number of carbonyl (C=O) groups is 2. The van der Waals surface area contributed by atoms with Crippen LogP contribution in [-0.2, 0) is 9.59 Å². The average Bonchev–Trinajstić information content (AvgIpc) is 2.96. The van der Waals surface area contributed by atoms with Gasteiger partial charge in [-0.15, -0.1) is 0 Å². The molecule has 1 atom stereocenters. The van der Waals surface area contributed by atoms with Gasteiger partial charge in [0.15, 0.2) is 0 Å². The Bertz CT molecular complexity index is 977. The lowest BCUT2D eigenvalue weighted by molar-refractivity contribution is -0.139. The number of aliphatic hydroxyl groups excluding tert-OH is 1. The van der Waals surface area contributed by atoms with Crippen LogP contribution in [0, 0.1) is 6.92 Å². The monoisotopic (exact) mass is 407 g/mol. The summed E-state index contributed by atoms with van der Waals surface area (Å²) in [6.07, 6.45) is 1.67. The highest BCUT2D eigenvalue weighted by Crippen LogP contribution is 2.40. The molecule has 1 heterocycles.